The molecule has 0 saturated heterocycles. The van der Waals surface area contributed by atoms with Gasteiger partial charge in [0.25, 0.3) is 5.56 Å². The third kappa shape index (κ3) is 2.30. The number of aromatic nitrogens is 3. The molecule has 2 aromatic heterocycles. The van der Waals surface area contributed by atoms with Gasteiger partial charge in [-0.3, -0.25) is 9.89 Å². The summed E-state index contributed by atoms with van der Waals surface area (Å²) in [5, 5.41) is 9.30. The smallest absolute Gasteiger partial charge is 0.262 e. The summed E-state index contributed by atoms with van der Waals surface area (Å²) in [5.41, 5.74) is 7.88. The summed E-state index contributed by atoms with van der Waals surface area (Å²) in [6.45, 7) is 6.99. The Bertz CT molecular complexity index is 923. The quantitative estimate of drug-likeness (QED) is 0.779. The molecule has 0 unspecified atom stereocenters. The molecule has 6 heteroatoms. The number of benzene rings is 1. The maximum absolute atomic E-state index is 12.9. The maximum Gasteiger partial charge on any atom is 0.262 e. The molecule has 3 N–H and O–H groups in total. The Balaban J connectivity index is 2.45. The Morgan fingerprint density at radius 2 is 2.14 bits per heavy atom. The van der Waals surface area contributed by atoms with Crippen LogP contribution < -0.4 is 11.3 Å². The molecule has 1 aromatic carbocycles. The van der Waals surface area contributed by atoms with Crippen LogP contribution in [0.1, 0.15) is 19.5 Å². The molecule has 0 aliphatic rings. The fourth-order valence-corrected chi connectivity index (χ4v) is 2.89. The van der Waals surface area contributed by atoms with E-state index in [-0.39, 0.29) is 11.0 Å². The Hall–Kier alpha value is -1.85. The molecule has 0 aliphatic carbocycles. The lowest BCUT2D eigenvalue weighted by atomic mass is 9.93. The molecule has 116 valence electrons. The zero-order valence-corrected chi connectivity index (χ0v) is 13.7. The molecule has 0 spiro atoms. The van der Waals surface area contributed by atoms with Gasteiger partial charge in [-0.1, -0.05) is 25.4 Å². The van der Waals surface area contributed by atoms with Crippen molar-refractivity contribution in [3.8, 4) is 0 Å². The molecule has 5 nitrogen and oxygen atoms in total. The third-order valence-corrected chi connectivity index (χ3v) is 4.28. The topological polar surface area (TPSA) is 76.7 Å². The molecule has 0 radical (unpaired) electrons. The molecule has 0 atom stereocenters. The van der Waals surface area contributed by atoms with Crippen LogP contribution in [0.25, 0.3) is 21.8 Å². The SMILES string of the molecule is Cc1[nH]nc2c1c(=O)n(CC(C)(C)CN)c1ccc(Cl)cc21. The number of H-pyrrole nitrogens is 1. The molecule has 2 heterocycles. The van der Waals surface area contributed by atoms with E-state index in [9.17, 15) is 4.79 Å². The van der Waals surface area contributed by atoms with E-state index < -0.39 is 0 Å². The van der Waals surface area contributed by atoms with Crippen LogP contribution in [0.2, 0.25) is 5.02 Å². The Kier molecular flexibility index (Phi) is 3.50. The van der Waals surface area contributed by atoms with Crippen LogP contribution >= 0.6 is 11.6 Å². The van der Waals surface area contributed by atoms with Crippen LogP contribution in [-0.2, 0) is 6.54 Å². The molecule has 3 rings (SSSR count). The van der Waals surface area contributed by atoms with Crippen molar-refractivity contribution in [1.82, 2.24) is 14.8 Å². The first-order chi connectivity index (χ1) is 10.3. The van der Waals surface area contributed by atoms with Gasteiger partial charge in [0, 0.05) is 22.6 Å². The van der Waals surface area contributed by atoms with Crippen LogP contribution in [0.4, 0.5) is 0 Å². The zero-order chi connectivity index (χ0) is 16.1. The van der Waals surface area contributed by atoms with Gasteiger partial charge in [-0.25, -0.2) is 0 Å². The van der Waals surface area contributed by atoms with E-state index in [1.165, 1.54) is 0 Å². The number of aromatic amines is 1. The van der Waals surface area contributed by atoms with Crippen molar-refractivity contribution in [2.24, 2.45) is 11.1 Å². The summed E-state index contributed by atoms with van der Waals surface area (Å²) in [5.74, 6) is 0. The molecule has 0 aliphatic heterocycles. The second-order valence-electron chi connectivity index (χ2n) is 6.49. The average molecular weight is 319 g/mol. The first kappa shape index (κ1) is 15.1. The minimum absolute atomic E-state index is 0.0439. The van der Waals surface area contributed by atoms with Crippen LogP contribution in [0.3, 0.4) is 0 Å². The molecule has 0 amide bonds. The van der Waals surface area contributed by atoms with Gasteiger partial charge >= 0.3 is 0 Å². The second kappa shape index (κ2) is 5.11. The molecular weight excluding hydrogens is 300 g/mol. The van der Waals surface area contributed by atoms with E-state index in [0.717, 1.165) is 16.6 Å². The van der Waals surface area contributed by atoms with Crippen molar-refractivity contribution >= 4 is 33.4 Å². The zero-order valence-electron chi connectivity index (χ0n) is 12.9. The summed E-state index contributed by atoms with van der Waals surface area (Å²) in [6.07, 6.45) is 0. The summed E-state index contributed by atoms with van der Waals surface area (Å²) in [7, 11) is 0. The van der Waals surface area contributed by atoms with E-state index in [1.54, 1.807) is 10.6 Å². The highest BCUT2D eigenvalue weighted by Gasteiger charge is 2.21. The van der Waals surface area contributed by atoms with Crippen LogP contribution in [0, 0.1) is 12.3 Å². The van der Waals surface area contributed by atoms with Gasteiger partial charge in [0.05, 0.1) is 10.9 Å². The normalized spacial score (nSPS) is 12.4. The Labute approximate surface area is 133 Å². The predicted octanol–water partition coefficient (Wildman–Crippen LogP) is 2.82. The second-order valence-corrected chi connectivity index (χ2v) is 6.93. The number of pyridine rings is 1. The highest BCUT2D eigenvalue weighted by molar-refractivity contribution is 6.31. The third-order valence-electron chi connectivity index (χ3n) is 4.05. The van der Waals surface area contributed by atoms with Gasteiger partial charge < -0.3 is 10.3 Å². The number of nitrogens with one attached hydrogen (secondary N) is 1. The van der Waals surface area contributed by atoms with Crippen molar-refractivity contribution < 1.29 is 0 Å². The highest BCUT2D eigenvalue weighted by atomic mass is 35.5. The maximum atomic E-state index is 12.9. The van der Waals surface area contributed by atoms with E-state index in [4.69, 9.17) is 17.3 Å². The number of nitrogens with zero attached hydrogens (tertiary/aromatic N) is 2. The Morgan fingerprint density at radius 3 is 2.82 bits per heavy atom. The van der Waals surface area contributed by atoms with E-state index in [1.807, 2.05) is 32.9 Å². The van der Waals surface area contributed by atoms with Crippen molar-refractivity contribution in [1.29, 1.82) is 0 Å². The first-order valence-corrected chi connectivity index (χ1v) is 7.59. The summed E-state index contributed by atoms with van der Waals surface area (Å²) in [4.78, 5) is 12.9. The first-order valence-electron chi connectivity index (χ1n) is 7.21. The molecule has 0 saturated carbocycles. The van der Waals surface area contributed by atoms with Crippen LogP contribution in [0.5, 0.6) is 0 Å². The lowest BCUT2D eigenvalue weighted by Crippen LogP contribution is -2.34. The van der Waals surface area contributed by atoms with Crippen LogP contribution in [0.15, 0.2) is 23.0 Å². The predicted molar refractivity (Wildman–Crippen MR) is 90.4 cm³/mol. The van der Waals surface area contributed by atoms with Crippen LogP contribution in [-0.4, -0.2) is 21.3 Å². The lowest BCUT2D eigenvalue weighted by molar-refractivity contribution is 0.319. The van der Waals surface area contributed by atoms with Gasteiger partial charge in [-0.2, -0.15) is 5.10 Å². The number of rotatable bonds is 3. The summed E-state index contributed by atoms with van der Waals surface area (Å²) in [6, 6.07) is 5.51. The van der Waals surface area contributed by atoms with Gasteiger partial charge in [0.2, 0.25) is 0 Å². The van der Waals surface area contributed by atoms with Gasteiger partial charge in [-0.05, 0) is 37.1 Å². The molecule has 22 heavy (non-hydrogen) atoms. The summed E-state index contributed by atoms with van der Waals surface area (Å²) < 4.78 is 1.78. The molecule has 3 aromatic rings. The highest BCUT2D eigenvalue weighted by Crippen LogP contribution is 2.27. The van der Waals surface area contributed by atoms with Crippen molar-refractivity contribution in [3.63, 3.8) is 0 Å². The number of halogens is 1. The summed E-state index contributed by atoms with van der Waals surface area (Å²) >= 11 is 6.13. The minimum atomic E-state index is -0.179. The molecular formula is C16H19ClN4O. The Morgan fingerprint density at radius 1 is 1.41 bits per heavy atom. The van der Waals surface area contributed by atoms with Crippen molar-refractivity contribution in [2.45, 2.75) is 27.3 Å². The van der Waals surface area contributed by atoms with Gasteiger partial charge in [0.15, 0.2) is 0 Å². The average Bonchev–Trinajstić information content (AvgIpc) is 2.86. The standard InChI is InChI=1S/C16H19ClN4O/c1-9-13-14(20-19-9)11-6-10(17)4-5-12(11)21(15(13)22)8-16(2,3)7-18/h4-6H,7-8,18H2,1-3H3,(H,19,20). The number of nitrogens with two attached hydrogens (primary N) is 1. The van der Waals surface area contributed by atoms with Crippen molar-refractivity contribution in [2.75, 3.05) is 6.54 Å². The van der Waals surface area contributed by atoms with Crippen molar-refractivity contribution in [3.05, 3.63) is 39.3 Å². The fraction of sp³-hybridized carbons (Fsp3) is 0.375. The van der Waals surface area contributed by atoms with Gasteiger partial charge in [0.1, 0.15) is 5.52 Å². The van der Waals surface area contributed by atoms with E-state index in [2.05, 4.69) is 10.2 Å². The lowest BCUT2D eigenvalue weighted by Gasteiger charge is -2.24. The number of hydrogen-bond acceptors (Lipinski definition) is 3. The number of hydrogen-bond donors (Lipinski definition) is 2. The van der Waals surface area contributed by atoms with E-state index >= 15 is 0 Å². The van der Waals surface area contributed by atoms with Gasteiger partial charge in [-0.15, -0.1) is 0 Å². The largest absolute Gasteiger partial charge is 0.330 e. The fourth-order valence-electron chi connectivity index (χ4n) is 2.71. The molecule has 0 bridgehead atoms. The van der Waals surface area contributed by atoms with E-state index in [0.29, 0.717) is 29.0 Å². The molecule has 0 fully saturated rings. The monoisotopic (exact) mass is 318 g/mol. The number of fused-ring (bicyclic) bond motifs is 3. The number of aryl methyl sites for hydroxylation is 1. The minimum Gasteiger partial charge on any atom is -0.330 e.